The molecule has 0 aliphatic carbocycles. The van der Waals surface area contributed by atoms with Crippen LogP contribution in [0.5, 0.6) is 11.5 Å². The van der Waals surface area contributed by atoms with Gasteiger partial charge in [0.1, 0.15) is 13.2 Å². The van der Waals surface area contributed by atoms with Gasteiger partial charge in [0.05, 0.1) is 39.6 Å². The lowest BCUT2D eigenvalue weighted by Gasteiger charge is -2.13. The monoisotopic (exact) mass is 450 g/mol. The van der Waals surface area contributed by atoms with Crippen LogP contribution in [0.25, 0.3) is 6.08 Å². The van der Waals surface area contributed by atoms with Gasteiger partial charge in [0.25, 0.3) is 0 Å². The molecule has 0 saturated heterocycles. The fourth-order valence-electron chi connectivity index (χ4n) is 3.29. The zero-order chi connectivity index (χ0) is 22.7. The molecule has 0 amide bonds. The van der Waals surface area contributed by atoms with Crippen molar-refractivity contribution in [3.05, 3.63) is 29.8 Å². The van der Waals surface area contributed by atoms with Crippen LogP contribution in [0.3, 0.4) is 0 Å². The van der Waals surface area contributed by atoms with E-state index in [1.165, 1.54) is 6.42 Å². The molecule has 32 heavy (non-hydrogen) atoms. The molecule has 180 valence electrons. The van der Waals surface area contributed by atoms with Gasteiger partial charge < -0.3 is 28.8 Å². The summed E-state index contributed by atoms with van der Waals surface area (Å²) >= 11 is 0. The van der Waals surface area contributed by atoms with Gasteiger partial charge in [-0.1, -0.05) is 43.9 Å². The summed E-state index contributed by atoms with van der Waals surface area (Å²) in [4.78, 5) is 10.5. The molecule has 0 atom stereocenters. The highest BCUT2D eigenvalue weighted by molar-refractivity contribution is 5.66. The Bertz CT molecular complexity index is 660. The molecule has 1 heterocycles. The van der Waals surface area contributed by atoms with Crippen LogP contribution in [-0.4, -0.2) is 63.9 Å². The number of unbranched alkanes of at least 4 members (excludes halogenated alkanes) is 6. The number of carboxylic acids is 1. The average Bonchev–Trinajstić information content (AvgIpc) is 2.79. The third-order valence-corrected chi connectivity index (χ3v) is 5.00. The fraction of sp³-hybridized carbons (Fsp3) is 0.640. The van der Waals surface area contributed by atoms with Crippen molar-refractivity contribution in [2.75, 3.05) is 52.9 Å². The SMILES string of the molecule is O=C(O)CCCCCCCC/C=C/c1ccc2c(c1)OCCOCCOCCOCCO2. The van der Waals surface area contributed by atoms with Crippen molar-refractivity contribution < 1.29 is 33.6 Å². The van der Waals surface area contributed by atoms with Crippen molar-refractivity contribution in [3.8, 4) is 11.5 Å². The summed E-state index contributed by atoms with van der Waals surface area (Å²) in [6.45, 7) is 4.09. The fourth-order valence-corrected chi connectivity index (χ4v) is 3.29. The Labute approximate surface area is 191 Å². The predicted molar refractivity (Wildman–Crippen MR) is 123 cm³/mol. The average molecular weight is 451 g/mol. The number of carboxylic acid groups (broad SMARTS) is 1. The molecule has 1 aliphatic heterocycles. The standard InChI is InChI=1S/C25H38O7/c26-25(27)10-8-6-4-2-1-3-5-7-9-22-11-12-23-24(21-22)32-20-18-30-16-14-28-13-15-29-17-19-31-23/h7,9,11-12,21H,1-6,8,10,13-20H2,(H,26,27)/b9-7+. The number of ether oxygens (including phenoxy) is 5. The first-order valence-corrected chi connectivity index (χ1v) is 11.8. The molecule has 0 spiro atoms. The zero-order valence-corrected chi connectivity index (χ0v) is 19.1. The number of hydrogen-bond acceptors (Lipinski definition) is 6. The predicted octanol–water partition coefficient (Wildman–Crippen LogP) is 4.73. The van der Waals surface area contributed by atoms with Crippen molar-refractivity contribution in [1.29, 1.82) is 0 Å². The quantitative estimate of drug-likeness (QED) is 0.516. The second-order valence-electron chi connectivity index (χ2n) is 7.70. The van der Waals surface area contributed by atoms with Gasteiger partial charge in [-0.2, -0.15) is 0 Å². The largest absolute Gasteiger partial charge is 0.487 e. The summed E-state index contributed by atoms with van der Waals surface area (Å²) in [7, 11) is 0. The summed E-state index contributed by atoms with van der Waals surface area (Å²) in [5.74, 6) is 0.721. The molecular formula is C25H38O7. The molecule has 0 fully saturated rings. The maximum Gasteiger partial charge on any atom is 0.303 e. The normalized spacial score (nSPS) is 16.4. The number of allylic oxidation sites excluding steroid dienone is 1. The smallest absolute Gasteiger partial charge is 0.303 e. The second-order valence-corrected chi connectivity index (χ2v) is 7.70. The van der Waals surface area contributed by atoms with Gasteiger partial charge in [-0.3, -0.25) is 4.79 Å². The van der Waals surface area contributed by atoms with Crippen LogP contribution >= 0.6 is 0 Å². The van der Waals surface area contributed by atoms with E-state index in [-0.39, 0.29) is 6.42 Å². The highest BCUT2D eigenvalue weighted by atomic mass is 16.6. The lowest BCUT2D eigenvalue weighted by molar-refractivity contribution is -0.137. The number of benzene rings is 1. The molecule has 1 aliphatic rings. The van der Waals surface area contributed by atoms with Gasteiger partial charge in [0.15, 0.2) is 11.5 Å². The Morgan fingerprint density at radius 2 is 1.31 bits per heavy atom. The summed E-state index contributed by atoms with van der Waals surface area (Å²) in [6, 6.07) is 5.96. The highest BCUT2D eigenvalue weighted by Crippen LogP contribution is 2.29. The molecule has 1 aromatic carbocycles. The van der Waals surface area contributed by atoms with E-state index >= 15 is 0 Å². The Hall–Kier alpha value is -2.09. The topological polar surface area (TPSA) is 83.5 Å². The number of carbonyl (C=O) groups is 1. The molecule has 0 radical (unpaired) electrons. The van der Waals surface area contributed by atoms with Crippen molar-refractivity contribution in [2.45, 2.75) is 51.4 Å². The Kier molecular flexibility index (Phi) is 14.3. The summed E-state index contributed by atoms with van der Waals surface area (Å²) in [6.07, 6.45) is 12.0. The van der Waals surface area contributed by atoms with Crippen molar-refractivity contribution in [3.63, 3.8) is 0 Å². The maximum atomic E-state index is 10.5. The lowest BCUT2D eigenvalue weighted by Crippen LogP contribution is -2.13. The van der Waals surface area contributed by atoms with Crippen LogP contribution < -0.4 is 9.47 Å². The summed E-state index contributed by atoms with van der Waals surface area (Å²) < 4.78 is 28.2. The van der Waals surface area contributed by atoms with Gasteiger partial charge >= 0.3 is 5.97 Å². The molecule has 1 N–H and O–H groups in total. The number of hydrogen-bond donors (Lipinski definition) is 1. The first-order chi connectivity index (χ1) is 15.8. The molecule has 0 bridgehead atoms. The van der Waals surface area contributed by atoms with Crippen LogP contribution in [0.4, 0.5) is 0 Å². The van der Waals surface area contributed by atoms with E-state index in [2.05, 4.69) is 12.2 Å². The first-order valence-electron chi connectivity index (χ1n) is 11.8. The van der Waals surface area contributed by atoms with Crippen molar-refractivity contribution in [1.82, 2.24) is 0 Å². The summed E-state index contributed by atoms with van der Waals surface area (Å²) in [5.41, 5.74) is 1.07. The Balaban J connectivity index is 1.74. The van der Waals surface area contributed by atoms with Crippen LogP contribution in [0.2, 0.25) is 0 Å². The van der Waals surface area contributed by atoms with E-state index < -0.39 is 5.97 Å². The van der Waals surface area contributed by atoms with Crippen molar-refractivity contribution >= 4 is 12.0 Å². The molecule has 7 heteroatoms. The summed E-state index contributed by atoms with van der Waals surface area (Å²) in [5, 5.41) is 8.64. The lowest BCUT2D eigenvalue weighted by atomic mass is 10.1. The molecule has 2 rings (SSSR count). The van der Waals surface area contributed by atoms with E-state index in [1.807, 2.05) is 18.2 Å². The van der Waals surface area contributed by atoms with Gasteiger partial charge in [0, 0.05) is 6.42 Å². The van der Waals surface area contributed by atoms with E-state index in [9.17, 15) is 4.79 Å². The van der Waals surface area contributed by atoms with Crippen molar-refractivity contribution in [2.24, 2.45) is 0 Å². The van der Waals surface area contributed by atoms with Crippen LogP contribution in [0.15, 0.2) is 24.3 Å². The molecule has 7 nitrogen and oxygen atoms in total. The van der Waals surface area contributed by atoms with E-state index in [0.29, 0.717) is 64.4 Å². The minimum Gasteiger partial charge on any atom is -0.487 e. The van der Waals surface area contributed by atoms with Gasteiger partial charge in [-0.15, -0.1) is 0 Å². The van der Waals surface area contributed by atoms with Crippen LogP contribution in [-0.2, 0) is 19.0 Å². The minimum absolute atomic E-state index is 0.286. The third-order valence-electron chi connectivity index (χ3n) is 5.00. The van der Waals surface area contributed by atoms with E-state index in [1.54, 1.807) is 0 Å². The molecule has 0 saturated carbocycles. The second kappa shape index (κ2) is 17.5. The number of fused-ring (bicyclic) bond motifs is 1. The minimum atomic E-state index is -0.698. The number of aliphatic carboxylic acids is 1. The zero-order valence-electron chi connectivity index (χ0n) is 19.1. The Morgan fingerprint density at radius 1 is 0.750 bits per heavy atom. The van der Waals surface area contributed by atoms with Crippen LogP contribution in [0, 0.1) is 0 Å². The molecule has 0 unspecified atom stereocenters. The van der Waals surface area contributed by atoms with E-state index in [0.717, 1.165) is 44.1 Å². The first kappa shape index (κ1) is 26.2. The third kappa shape index (κ3) is 12.7. The van der Waals surface area contributed by atoms with Gasteiger partial charge in [0.2, 0.25) is 0 Å². The molecule has 0 aromatic heterocycles. The molecular weight excluding hydrogens is 412 g/mol. The maximum absolute atomic E-state index is 10.5. The number of rotatable bonds is 10. The van der Waals surface area contributed by atoms with Gasteiger partial charge in [-0.25, -0.2) is 0 Å². The van der Waals surface area contributed by atoms with Gasteiger partial charge in [-0.05, 0) is 37.0 Å². The van der Waals surface area contributed by atoms with E-state index in [4.69, 9.17) is 28.8 Å². The Morgan fingerprint density at radius 3 is 1.97 bits per heavy atom. The molecule has 1 aromatic rings. The highest BCUT2D eigenvalue weighted by Gasteiger charge is 2.07. The van der Waals surface area contributed by atoms with Crippen LogP contribution in [0.1, 0.15) is 56.9 Å².